The molecule has 0 saturated carbocycles. The van der Waals surface area contributed by atoms with Crippen molar-refractivity contribution in [1.82, 2.24) is 9.38 Å². The molecular formula is C18H20N4. The lowest BCUT2D eigenvalue weighted by molar-refractivity contribution is 0.866. The van der Waals surface area contributed by atoms with Crippen molar-refractivity contribution in [3.05, 3.63) is 59.4 Å². The Balaban J connectivity index is 1.95. The molecule has 2 aromatic heterocycles. The minimum absolute atomic E-state index is 0.523. The molecule has 0 unspecified atom stereocenters. The van der Waals surface area contributed by atoms with Gasteiger partial charge in [-0.15, -0.1) is 10.2 Å². The zero-order valence-electron chi connectivity index (χ0n) is 13.4. The fourth-order valence-electron chi connectivity index (χ4n) is 2.46. The van der Waals surface area contributed by atoms with E-state index in [1.807, 2.05) is 48.7 Å². The zero-order chi connectivity index (χ0) is 15.7. The third-order valence-electron chi connectivity index (χ3n) is 3.81. The smallest absolute Gasteiger partial charge is 0.182 e. The van der Waals surface area contributed by atoms with Crippen LogP contribution < -0.4 is 0 Å². The molecule has 0 saturated heterocycles. The van der Waals surface area contributed by atoms with Gasteiger partial charge in [-0.05, 0) is 49.1 Å². The summed E-state index contributed by atoms with van der Waals surface area (Å²) >= 11 is 0. The van der Waals surface area contributed by atoms with Gasteiger partial charge in [0, 0.05) is 6.20 Å². The summed E-state index contributed by atoms with van der Waals surface area (Å²) in [7, 11) is 0. The molecule has 0 aliphatic heterocycles. The SMILES string of the molecule is Cc1nc2c(C)cccn2c1N=Nc1ccc(C(C)C)cc1. The van der Waals surface area contributed by atoms with Crippen LogP contribution in [0.3, 0.4) is 0 Å². The molecule has 4 nitrogen and oxygen atoms in total. The topological polar surface area (TPSA) is 42.0 Å². The number of pyridine rings is 1. The number of rotatable bonds is 3. The van der Waals surface area contributed by atoms with Crippen LogP contribution in [0.2, 0.25) is 0 Å². The van der Waals surface area contributed by atoms with E-state index in [4.69, 9.17) is 0 Å². The quantitative estimate of drug-likeness (QED) is 0.588. The molecule has 0 fully saturated rings. The van der Waals surface area contributed by atoms with Crippen molar-refractivity contribution in [3.8, 4) is 0 Å². The molecule has 0 bridgehead atoms. The van der Waals surface area contributed by atoms with Crippen molar-refractivity contribution in [3.63, 3.8) is 0 Å². The predicted octanol–water partition coefficient (Wildman–Crippen LogP) is 5.49. The van der Waals surface area contributed by atoms with Gasteiger partial charge < -0.3 is 0 Å². The molecule has 0 atom stereocenters. The van der Waals surface area contributed by atoms with Crippen LogP contribution in [0.25, 0.3) is 5.65 Å². The first-order chi connectivity index (χ1) is 10.6. The zero-order valence-corrected chi connectivity index (χ0v) is 13.4. The number of imidazole rings is 1. The molecule has 112 valence electrons. The van der Waals surface area contributed by atoms with Gasteiger partial charge in [-0.3, -0.25) is 4.40 Å². The number of hydrogen-bond donors (Lipinski definition) is 0. The van der Waals surface area contributed by atoms with Gasteiger partial charge in [-0.25, -0.2) is 4.98 Å². The van der Waals surface area contributed by atoms with Crippen LogP contribution >= 0.6 is 0 Å². The van der Waals surface area contributed by atoms with E-state index >= 15 is 0 Å². The number of nitrogens with zero attached hydrogens (tertiary/aromatic N) is 4. The molecule has 2 heterocycles. The highest BCUT2D eigenvalue weighted by Gasteiger charge is 2.09. The van der Waals surface area contributed by atoms with Crippen molar-refractivity contribution in [2.75, 3.05) is 0 Å². The van der Waals surface area contributed by atoms with Crippen LogP contribution in [-0.2, 0) is 0 Å². The number of azo groups is 1. The van der Waals surface area contributed by atoms with Gasteiger partial charge in [0.05, 0.1) is 11.4 Å². The van der Waals surface area contributed by atoms with E-state index in [-0.39, 0.29) is 0 Å². The highest BCUT2D eigenvalue weighted by molar-refractivity contribution is 5.56. The number of aromatic nitrogens is 2. The van der Waals surface area contributed by atoms with Crippen molar-refractivity contribution in [1.29, 1.82) is 0 Å². The third kappa shape index (κ3) is 2.64. The van der Waals surface area contributed by atoms with Crippen molar-refractivity contribution >= 4 is 17.2 Å². The summed E-state index contributed by atoms with van der Waals surface area (Å²) in [5, 5.41) is 8.76. The van der Waals surface area contributed by atoms with Gasteiger partial charge in [0.2, 0.25) is 0 Å². The van der Waals surface area contributed by atoms with Crippen LogP contribution in [0.5, 0.6) is 0 Å². The fraction of sp³-hybridized carbons (Fsp3) is 0.278. The summed E-state index contributed by atoms with van der Waals surface area (Å²) in [6, 6.07) is 12.3. The van der Waals surface area contributed by atoms with Crippen molar-refractivity contribution < 1.29 is 0 Å². The van der Waals surface area contributed by atoms with Gasteiger partial charge in [0.25, 0.3) is 0 Å². The average molecular weight is 292 g/mol. The van der Waals surface area contributed by atoms with E-state index in [1.165, 1.54) is 5.56 Å². The van der Waals surface area contributed by atoms with E-state index in [9.17, 15) is 0 Å². The Morgan fingerprint density at radius 2 is 1.73 bits per heavy atom. The number of benzene rings is 1. The lowest BCUT2D eigenvalue weighted by Crippen LogP contribution is -1.85. The van der Waals surface area contributed by atoms with Gasteiger partial charge >= 0.3 is 0 Å². The Kier molecular flexibility index (Phi) is 3.75. The van der Waals surface area contributed by atoms with E-state index < -0.39 is 0 Å². The molecule has 0 aliphatic rings. The van der Waals surface area contributed by atoms with Crippen LogP contribution in [0.15, 0.2) is 52.8 Å². The minimum atomic E-state index is 0.523. The third-order valence-corrected chi connectivity index (χ3v) is 3.81. The molecule has 0 aliphatic carbocycles. The maximum atomic E-state index is 4.57. The highest BCUT2D eigenvalue weighted by atomic mass is 15.2. The van der Waals surface area contributed by atoms with Gasteiger partial charge in [-0.2, -0.15) is 0 Å². The molecule has 0 N–H and O–H groups in total. The Hall–Kier alpha value is -2.49. The molecule has 0 amide bonds. The number of fused-ring (bicyclic) bond motifs is 1. The first kappa shape index (κ1) is 14.4. The maximum Gasteiger partial charge on any atom is 0.182 e. The Bertz CT molecular complexity index is 826. The first-order valence-electron chi connectivity index (χ1n) is 7.52. The Morgan fingerprint density at radius 3 is 2.41 bits per heavy atom. The van der Waals surface area contributed by atoms with Gasteiger partial charge in [-0.1, -0.05) is 32.0 Å². The van der Waals surface area contributed by atoms with Crippen LogP contribution in [0.4, 0.5) is 11.5 Å². The largest absolute Gasteiger partial charge is 0.283 e. The fourth-order valence-corrected chi connectivity index (χ4v) is 2.46. The lowest BCUT2D eigenvalue weighted by atomic mass is 10.0. The summed E-state index contributed by atoms with van der Waals surface area (Å²) in [4.78, 5) is 4.57. The van der Waals surface area contributed by atoms with Crippen LogP contribution in [0, 0.1) is 13.8 Å². The average Bonchev–Trinajstić information content (AvgIpc) is 2.83. The predicted molar refractivity (Wildman–Crippen MR) is 89.4 cm³/mol. The monoisotopic (exact) mass is 292 g/mol. The lowest BCUT2D eigenvalue weighted by Gasteiger charge is -2.04. The van der Waals surface area contributed by atoms with Gasteiger partial charge in [0.15, 0.2) is 5.82 Å². The highest BCUT2D eigenvalue weighted by Crippen LogP contribution is 2.25. The second kappa shape index (κ2) is 5.72. The van der Waals surface area contributed by atoms with E-state index in [1.54, 1.807) is 0 Å². The van der Waals surface area contributed by atoms with Crippen LogP contribution in [0.1, 0.15) is 36.6 Å². The normalized spacial score (nSPS) is 11.9. The standard InChI is InChI=1S/C18H20N4/c1-12(2)15-7-9-16(10-8-15)20-21-18-14(4)19-17-13(3)6-5-11-22(17)18/h5-12H,1-4H3. The molecule has 1 aromatic carbocycles. The van der Waals surface area contributed by atoms with E-state index in [0.717, 1.165) is 28.4 Å². The number of hydrogen-bond acceptors (Lipinski definition) is 3. The second-order valence-corrected chi connectivity index (χ2v) is 5.85. The van der Waals surface area contributed by atoms with Crippen molar-refractivity contribution in [2.24, 2.45) is 10.2 Å². The van der Waals surface area contributed by atoms with Crippen molar-refractivity contribution in [2.45, 2.75) is 33.6 Å². The number of aryl methyl sites for hydroxylation is 2. The molecule has 22 heavy (non-hydrogen) atoms. The molecule has 0 spiro atoms. The summed E-state index contributed by atoms with van der Waals surface area (Å²) in [5.41, 5.74) is 5.11. The van der Waals surface area contributed by atoms with Gasteiger partial charge in [0.1, 0.15) is 5.65 Å². The molecule has 4 heteroatoms. The summed E-state index contributed by atoms with van der Waals surface area (Å²) in [6.45, 7) is 8.37. The minimum Gasteiger partial charge on any atom is -0.283 e. The van der Waals surface area contributed by atoms with Crippen LogP contribution in [-0.4, -0.2) is 9.38 Å². The molecule has 0 radical (unpaired) electrons. The molecule has 3 rings (SSSR count). The first-order valence-corrected chi connectivity index (χ1v) is 7.52. The Morgan fingerprint density at radius 1 is 1.00 bits per heavy atom. The summed E-state index contributed by atoms with van der Waals surface area (Å²) in [5.74, 6) is 1.31. The van der Waals surface area contributed by atoms with E-state index in [2.05, 4.69) is 41.2 Å². The maximum absolute atomic E-state index is 4.57. The van der Waals surface area contributed by atoms with E-state index in [0.29, 0.717) is 5.92 Å². The summed E-state index contributed by atoms with van der Waals surface area (Å²) in [6.07, 6.45) is 1.97. The molecule has 3 aromatic rings. The Labute approximate surface area is 130 Å². The second-order valence-electron chi connectivity index (χ2n) is 5.85. The summed E-state index contributed by atoms with van der Waals surface area (Å²) < 4.78 is 1.98. The molecular weight excluding hydrogens is 272 g/mol.